The molecule has 0 saturated carbocycles. The average Bonchev–Trinajstić information content (AvgIpc) is 2.89. The number of anilines is 1. The molecule has 0 spiro atoms. The summed E-state index contributed by atoms with van der Waals surface area (Å²) >= 11 is 0. The highest BCUT2D eigenvalue weighted by atomic mass is 16.3. The van der Waals surface area contributed by atoms with Crippen LogP contribution in [0.2, 0.25) is 0 Å². The number of benzene rings is 1. The van der Waals surface area contributed by atoms with Gasteiger partial charge in [0.15, 0.2) is 0 Å². The summed E-state index contributed by atoms with van der Waals surface area (Å²) in [6.45, 7) is 0.753. The van der Waals surface area contributed by atoms with Crippen molar-refractivity contribution in [2.45, 2.75) is 19.4 Å². The summed E-state index contributed by atoms with van der Waals surface area (Å²) in [4.78, 5) is 18.3. The van der Waals surface area contributed by atoms with Gasteiger partial charge in [-0.3, -0.25) is 9.78 Å². The maximum Gasteiger partial charge on any atom is 0.227 e. The van der Waals surface area contributed by atoms with Crippen molar-refractivity contribution < 1.29 is 9.90 Å². The van der Waals surface area contributed by atoms with Gasteiger partial charge < -0.3 is 10.0 Å². The Balaban J connectivity index is 1.70. The monoisotopic (exact) mass is 282 g/mol. The van der Waals surface area contributed by atoms with Crippen LogP contribution in [0.3, 0.4) is 0 Å². The Hall–Kier alpha value is -2.20. The Morgan fingerprint density at radius 3 is 2.81 bits per heavy atom. The SMILES string of the molecule is O=C1C[C@@H](Cc2cc(CO)ccn2)CN1c1ccccc1. The second-order valence-electron chi connectivity index (χ2n) is 5.43. The zero-order valence-corrected chi connectivity index (χ0v) is 11.8. The van der Waals surface area contributed by atoms with E-state index in [4.69, 9.17) is 5.11 Å². The molecule has 0 bridgehead atoms. The molecule has 4 heteroatoms. The van der Waals surface area contributed by atoms with Crippen LogP contribution in [0.15, 0.2) is 48.7 Å². The lowest BCUT2D eigenvalue weighted by Crippen LogP contribution is -2.24. The number of pyridine rings is 1. The normalized spacial score (nSPS) is 18.2. The summed E-state index contributed by atoms with van der Waals surface area (Å²) in [5.41, 5.74) is 2.76. The lowest BCUT2D eigenvalue weighted by Gasteiger charge is -2.16. The largest absolute Gasteiger partial charge is 0.392 e. The number of amides is 1. The van der Waals surface area contributed by atoms with Crippen LogP contribution >= 0.6 is 0 Å². The summed E-state index contributed by atoms with van der Waals surface area (Å²) < 4.78 is 0. The summed E-state index contributed by atoms with van der Waals surface area (Å²) in [5.74, 6) is 0.448. The molecule has 0 aliphatic carbocycles. The number of carbonyl (C=O) groups excluding carboxylic acids is 1. The van der Waals surface area contributed by atoms with Crippen molar-refractivity contribution in [1.29, 1.82) is 0 Å². The van der Waals surface area contributed by atoms with Gasteiger partial charge in [-0.1, -0.05) is 18.2 Å². The zero-order valence-electron chi connectivity index (χ0n) is 11.8. The zero-order chi connectivity index (χ0) is 14.7. The standard InChI is InChI=1S/C17H18N2O2/c20-12-13-6-7-18-15(8-13)9-14-10-17(21)19(11-14)16-4-2-1-3-5-16/h1-8,14,20H,9-12H2/t14-/m1/s1. The molecular formula is C17H18N2O2. The molecule has 1 fully saturated rings. The second kappa shape index (κ2) is 6.06. The molecule has 3 rings (SSSR count). The van der Waals surface area contributed by atoms with E-state index in [2.05, 4.69) is 4.98 Å². The lowest BCUT2D eigenvalue weighted by atomic mass is 10.0. The van der Waals surface area contributed by atoms with Gasteiger partial charge >= 0.3 is 0 Å². The van der Waals surface area contributed by atoms with E-state index < -0.39 is 0 Å². The van der Waals surface area contributed by atoms with Gasteiger partial charge in [0.05, 0.1) is 6.61 Å². The topological polar surface area (TPSA) is 53.4 Å². The van der Waals surface area contributed by atoms with Crippen molar-refractivity contribution in [2.75, 3.05) is 11.4 Å². The fourth-order valence-electron chi connectivity index (χ4n) is 2.81. The van der Waals surface area contributed by atoms with Crippen LogP contribution in [0.25, 0.3) is 0 Å². The minimum Gasteiger partial charge on any atom is -0.392 e. The van der Waals surface area contributed by atoms with Crippen LogP contribution in [0.5, 0.6) is 0 Å². The molecule has 2 aromatic rings. The van der Waals surface area contributed by atoms with E-state index in [1.165, 1.54) is 0 Å². The van der Waals surface area contributed by atoms with Crippen LogP contribution in [0, 0.1) is 5.92 Å². The van der Waals surface area contributed by atoms with Gasteiger partial charge in [0.1, 0.15) is 0 Å². The molecule has 2 heterocycles. The van der Waals surface area contributed by atoms with Gasteiger partial charge in [0.2, 0.25) is 5.91 Å². The lowest BCUT2D eigenvalue weighted by molar-refractivity contribution is -0.117. The maximum absolute atomic E-state index is 12.2. The number of aromatic nitrogens is 1. The molecule has 1 aliphatic rings. The molecule has 0 unspecified atom stereocenters. The van der Waals surface area contributed by atoms with Crippen molar-refractivity contribution in [2.24, 2.45) is 5.92 Å². The van der Waals surface area contributed by atoms with E-state index in [-0.39, 0.29) is 18.4 Å². The fraction of sp³-hybridized carbons (Fsp3) is 0.294. The predicted octanol–water partition coefficient (Wildman–Crippen LogP) is 2.17. The van der Waals surface area contributed by atoms with Crippen molar-refractivity contribution in [3.63, 3.8) is 0 Å². The first-order chi connectivity index (χ1) is 10.3. The highest BCUT2D eigenvalue weighted by molar-refractivity contribution is 5.95. The van der Waals surface area contributed by atoms with E-state index in [1.54, 1.807) is 12.3 Å². The molecule has 1 aromatic carbocycles. The number of carbonyl (C=O) groups is 1. The maximum atomic E-state index is 12.2. The molecule has 4 nitrogen and oxygen atoms in total. The number of hydrogen-bond acceptors (Lipinski definition) is 3. The minimum atomic E-state index is 0.0231. The summed E-state index contributed by atoms with van der Waals surface area (Å²) in [6.07, 6.45) is 3.04. The Labute approximate surface area is 124 Å². The van der Waals surface area contributed by atoms with Crippen molar-refractivity contribution in [1.82, 2.24) is 4.98 Å². The first-order valence-corrected chi connectivity index (χ1v) is 7.16. The van der Waals surface area contributed by atoms with Crippen LogP contribution in [-0.2, 0) is 17.8 Å². The fourth-order valence-corrected chi connectivity index (χ4v) is 2.81. The molecule has 0 radical (unpaired) electrons. The third kappa shape index (κ3) is 3.11. The van der Waals surface area contributed by atoms with Crippen LogP contribution in [0.4, 0.5) is 5.69 Å². The van der Waals surface area contributed by atoms with E-state index in [1.807, 2.05) is 41.3 Å². The smallest absolute Gasteiger partial charge is 0.227 e. The first kappa shape index (κ1) is 13.8. The van der Waals surface area contributed by atoms with Gasteiger partial charge in [0, 0.05) is 30.5 Å². The van der Waals surface area contributed by atoms with Crippen LogP contribution in [-0.4, -0.2) is 22.5 Å². The number of nitrogens with zero attached hydrogens (tertiary/aromatic N) is 2. The van der Waals surface area contributed by atoms with Crippen molar-refractivity contribution in [3.8, 4) is 0 Å². The number of aliphatic hydroxyl groups is 1. The van der Waals surface area contributed by atoms with E-state index in [0.717, 1.165) is 29.9 Å². The molecule has 108 valence electrons. The van der Waals surface area contributed by atoms with Crippen molar-refractivity contribution >= 4 is 11.6 Å². The van der Waals surface area contributed by atoms with Gasteiger partial charge in [-0.2, -0.15) is 0 Å². The van der Waals surface area contributed by atoms with Gasteiger partial charge in [-0.05, 0) is 42.2 Å². The third-order valence-electron chi connectivity index (χ3n) is 3.83. The predicted molar refractivity (Wildman–Crippen MR) is 80.8 cm³/mol. The Bertz CT molecular complexity index is 628. The molecular weight excluding hydrogens is 264 g/mol. The Morgan fingerprint density at radius 2 is 2.05 bits per heavy atom. The minimum absolute atomic E-state index is 0.0231. The quantitative estimate of drug-likeness (QED) is 0.935. The van der Waals surface area contributed by atoms with Crippen molar-refractivity contribution in [3.05, 3.63) is 59.9 Å². The highest BCUT2D eigenvalue weighted by Crippen LogP contribution is 2.26. The molecule has 1 atom stereocenters. The number of hydrogen-bond donors (Lipinski definition) is 1. The molecule has 1 aliphatic heterocycles. The molecule has 1 amide bonds. The van der Waals surface area contributed by atoms with E-state index in [0.29, 0.717) is 6.42 Å². The number of aliphatic hydroxyl groups excluding tert-OH is 1. The summed E-state index contributed by atoms with van der Waals surface area (Å²) in [5, 5.41) is 9.17. The summed E-state index contributed by atoms with van der Waals surface area (Å²) in [7, 11) is 0. The van der Waals surface area contributed by atoms with E-state index in [9.17, 15) is 4.79 Å². The molecule has 21 heavy (non-hydrogen) atoms. The first-order valence-electron chi connectivity index (χ1n) is 7.16. The average molecular weight is 282 g/mol. The summed E-state index contributed by atoms with van der Waals surface area (Å²) in [6, 6.07) is 13.5. The van der Waals surface area contributed by atoms with E-state index >= 15 is 0 Å². The number of para-hydroxylation sites is 1. The third-order valence-corrected chi connectivity index (χ3v) is 3.83. The van der Waals surface area contributed by atoms with Gasteiger partial charge in [0.25, 0.3) is 0 Å². The van der Waals surface area contributed by atoms with Gasteiger partial charge in [-0.15, -0.1) is 0 Å². The van der Waals surface area contributed by atoms with Crippen LogP contribution < -0.4 is 4.90 Å². The molecule has 1 saturated heterocycles. The molecule has 1 N–H and O–H groups in total. The second-order valence-corrected chi connectivity index (χ2v) is 5.43. The Kier molecular flexibility index (Phi) is 3.97. The number of rotatable bonds is 4. The molecule has 1 aromatic heterocycles. The highest BCUT2D eigenvalue weighted by Gasteiger charge is 2.30. The Morgan fingerprint density at radius 1 is 1.24 bits per heavy atom. The van der Waals surface area contributed by atoms with Crippen LogP contribution in [0.1, 0.15) is 17.7 Å². The van der Waals surface area contributed by atoms with Gasteiger partial charge in [-0.25, -0.2) is 0 Å².